The van der Waals surface area contributed by atoms with Crippen LogP contribution >= 0.6 is 0 Å². The second-order valence-corrected chi connectivity index (χ2v) is 6.30. The van der Waals surface area contributed by atoms with E-state index >= 15 is 0 Å². The Balaban J connectivity index is 2.30. The molecule has 0 fully saturated rings. The van der Waals surface area contributed by atoms with Crippen molar-refractivity contribution in [3.8, 4) is 0 Å². The minimum absolute atomic E-state index is 0.142. The van der Waals surface area contributed by atoms with Crippen molar-refractivity contribution < 1.29 is 32.2 Å². The van der Waals surface area contributed by atoms with Crippen LogP contribution in [-0.2, 0) is 14.8 Å². The van der Waals surface area contributed by atoms with E-state index in [1.165, 1.54) is 31.4 Å². The van der Waals surface area contributed by atoms with Gasteiger partial charge in [-0.2, -0.15) is 0 Å². The van der Waals surface area contributed by atoms with E-state index in [2.05, 4.69) is 9.46 Å². The molecule has 0 spiro atoms. The van der Waals surface area contributed by atoms with Gasteiger partial charge in [0.2, 0.25) is 0 Å². The van der Waals surface area contributed by atoms with Crippen molar-refractivity contribution in [3.63, 3.8) is 0 Å². The summed E-state index contributed by atoms with van der Waals surface area (Å²) in [7, 11) is -2.91. The standard InChI is InChI=1S/C15H12FNO6S/c1-23-15(20)9-2-4-10(5-3-9)17-24(21,22)11-6-7-13(16)12(8-11)14(18)19/h2-8,17H,1H3,(H,18,19). The van der Waals surface area contributed by atoms with Crippen molar-refractivity contribution in [2.75, 3.05) is 11.8 Å². The molecule has 0 unspecified atom stereocenters. The molecule has 0 aliphatic rings. The maximum Gasteiger partial charge on any atom is 0.338 e. The Hall–Kier alpha value is -2.94. The van der Waals surface area contributed by atoms with Crippen LogP contribution in [0.2, 0.25) is 0 Å². The summed E-state index contributed by atoms with van der Waals surface area (Å²) < 4.78 is 44.6. The minimum atomic E-state index is -4.12. The lowest BCUT2D eigenvalue weighted by Crippen LogP contribution is -2.14. The van der Waals surface area contributed by atoms with Crippen LogP contribution in [0.1, 0.15) is 20.7 Å². The number of carbonyl (C=O) groups excluding carboxylic acids is 1. The molecule has 0 bridgehead atoms. The number of carboxylic acids is 1. The Kier molecular flexibility index (Phi) is 4.84. The Morgan fingerprint density at radius 3 is 2.29 bits per heavy atom. The molecule has 2 aromatic carbocycles. The van der Waals surface area contributed by atoms with E-state index in [1.807, 2.05) is 0 Å². The quantitative estimate of drug-likeness (QED) is 0.797. The summed E-state index contributed by atoms with van der Waals surface area (Å²) in [5.41, 5.74) is -0.377. The first-order valence-corrected chi connectivity index (χ1v) is 7.97. The normalized spacial score (nSPS) is 10.9. The molecule has 126 valence electrons. The molecular weight excluding hydrogens is 341 g/mol. The van der Waals surface area contributed by atoms with Crippen molar-refractivity contribution in [1.29, 1.82) is 0 Å². The van der Waals surface area contributed by atoms with E-state index in [1.54, 1.807) is 0 Å². The summed E-state index contributed by atoms with van der Waals surface area (Å²) in [5, 5.41) is 8.85. The predicted molar refractivity (Wildman–Crippen MR) is 81.9 cm³/mol. The highest BCUT2D eigenvalue weighted by molar-refractivity contribution is 7.92. The van der Waals surface area contributed by atoms with Crippen molar-refractivity contribution in [2.24, 2.45) is 0 Å². The van der Waals surface area contributed by atoms with E-state index in [0.717, 1.165) is 18.2 Å². The topological polar surface area (TPSA) is 110 Å². The molecule has 0 radical (unpaired) electrons. The lowest BCUT2D eigenvalue weighted by molar-refractivity contribution is 0.0599. The molecule has 0 saturated heterocycles. The van der Waals surface area contributed by atoms with Crippen LogP contribution in [0.5, 0.6) is 0 Å². The fourth-order valence-corrected chi connectivity index (χ4v) is 2.93. The number of halogens is 1. The predicted octanol–water partition coefficient (Wildman–Crippen LogP) is 2.11. The van der Waals surface area contributed by atoms with Crippen LogP contribution in [0.15, 0.2) is 47.4 Å². The molecule has 2 N–H and O–H groups in total. The fourth-order valence-electron chi connectivity index (χ4n) is 1.84. The molecule has 7 nitrogen and oxygen atoms in total. The second kappa shape index (κ2) is 6.67. The Bertz CT molecular complexity index is 893. The number of methoxy groups -OCH3 is 1. The van der Waals surface area contributed by atoms with Gasteiger partial charge in [0.05, 0.1) is 23.1 Å². The second-order valence-electron chi connectivity index (χ2n) is 4.62. The van der Waals surface area contributed by atoms with Gasteiger partial charge < -0.3 is 9.84 Å². The number of hydrogen-bond donors (Lipinski definition) is 2. The van der Waals surface area contributed by atoms with E-state index in [0.29, 0.717) is 0 Å². The van der Waals surface area contributed by atoms with Gasteiger partial charge in [-0.05, 0) is 42.5 Å². The van der Waals surface area contributed by atoms with E-state index in [4.69, 9.17) is 5.11 Å². The lowest BCUT2D eigenvalue weighted by Gasteiger charge is -2.09. The van der Waals surface area contributed by atoms with Crippen LogP contribution in [-0.4, -0.2) is 32.6 Å². The Labute approximate surface area is 136 Å². The van der Waals surface area contributed by atoms with Crippen LogP contribution in [0.3, 0.4) is 0 Å². The zero-order valence-electron chi connectivity index (χ0n) is 12.3. The van der Waals surface area contributed by atoms with Gasteiger partial charge in [0.15, 0.2) is 0 Å². The highest BCUT2D eigenvalue weighted by Gasteiger charge is 2.19. The molecule has 0 aliphatic heterocycles. The number of carboxylic acid groups (broad SMARTS) is 1. The van der Waals surface area contributed by atoms with E-state index in [9.17, 15) is 22.4 Å². The molecule has 0 amide bonds. The number of nitrogens with one attached hydrogen (secondary N) is 1. The monoisotopic (exact) mass is 353 g/mol. The van der Waals surface area contributed by atoms with Gasteiger partial charge in [-0.3, -0.25) is 4.72 Å². The lowest BCUT2D eigenvalue weighted by atomic mass is 10.2. The molecule has 0 saturated carbocycles. The van der Waals surface area contributed by atoms with Gasteiger partial charge in [-0.25, -0.2) is 22.4 Å². The number of ether oxygens (including phenoxy) is 1. The van der Waals surface area contributed by atoms with Gasteiger partial charge >= 0.3 is 11.9 Å². The molecule has 0 heterocycles. The molecule has 9 heteroatoms. The third kappa shape index (κ3) is 3.69. The van der Waals surface area contributed by atoms with E-state index in [-0.39, 0.29) is 11.3 Å². The zero-order valence-corrected chi connectivity index (χ0v) is 13.1. The van der Waals surface area contributed by atoms with Gasteiger partial charge in [0.25, 0.3) is 10.0 Å². The number of anilines is 1. The van der Waals surface area contributed by atoms with Gasteiger partial charge in [0, 0.05) is 5.69 Å². The fraction of sp³-hybridized carbons (Fsp3) is 0.0667. The average Bonchev–Trinajstić information content (AvgIpc) is 2.54. The first-order valence-electron chi connectivity index (χ1n) is 6.48. The number of aromatic carboxylic acids is 1. The highest BCUT2D eigenvalue weighted by atomic mass is 32.2. The maximum atomic E-state index is 13.3. The number of benzene rings is 2. The van der Waals surface area contributed by atoms with Gasteiger partial charge in [-0.1, -0.05) is 0 Å². The van der Waals surface area contributed by atoms with Crippen LogP contribution in [0.4, 0.5) is 10.1 Å². The van der Waals surface area contributed by atoms with Crippen molar-refractivity contribution >= 4 is 27.6 Å². The maximum absolute atomic E-state index is 13.3. The van der Waals surface area contributed by atoms with Gasteiger partial charge in [0.1, 0.15) is 5.82 Å². The first-order chi connectivity index (χ1) is 11.2. The smallest absolute Gasteiger partial charge is 0.338 e. The largest absolute Gasteiger partial charge is 0.478 e. The third-order valence-electron chi connectivity index (χ3n) is 3.04. The molecule has 2 aromatic rings. The Morgan fingerprint density at radius 1 is 1.12 bits per heavy atom. The number of carbonyl (C=O) groups is 2. The average molecular weight is 353 g/mol. The molecule has 24 heavy (non-hydrogen) atoms. The molecular formula is C15H12FNO6S. The van der Waals surface area contributed by atoms with Crippen molar-refractivity contribution in [2.45, 2.75) is 4.90 Å². The first kappa shape index (κ1) is 17.4. The third-order valence-corrected chi connectivity index (χ3v) is 4.42. The molecule has 2 rings (SSSR count). The minimum Gasteiger partial charge on any atom is -0.478 e. The summed E-state index contributed by atoms with van der Waals surface area (Å²) in [5.74, 6) is -3.19. The highest BCUT2D eigenvalue weighted by Crippen LogP contribution is 2.19. The molecule has 0 aromatic heterocycles. The van der Waals surface area contributed by atoms with Crippen LogP contribution < -0.4 is 4.72 Å². The summed E-state index contributed by atoms with van der Waals surface area (Å²) in [6.07, 6.45) is 0. The summed E-state index contributed by atoms with van der Waals surface area (Å²) in [4.78, 5) is 21.8. The van der Waals surface area contributed by atoms with Crippen LogP contribution in [0.25, 0.3) is 0 Å². The summed E-state index contributed by atoms with van der Waals surface area (Å²) in [6, 6.07) is 7.83. The number of rotatable bonds is 5. The Morgan fingerprint density at radius 2 is 1.75 bits per heavy atom. The van der Waals surface area contributed by atoms with Gasteiger partial charge in [-0.15, -0.1) is 0 Å². The van der Waals surface area contributed by atoms with Crippen LogP contribution in [0, 0.1) is 5.82 Å². The van der Waals surface area contributed by atoms with E-state index < -0.39 is 38.2 Å². The van der Waals surface area contributed by atoms with Crippen molar-refractivity contribution in [1.82, 2.24) is 0 Å². The molecule has 0 atom stereocenters. The zero-order chi connectivity index (χ0) is 17.9. The van der Waals surface area contributed by atoms with Crippen molar-refractivity contribution in [3.05, 3.63) is 59.4 Å². The molecule has 0 aliphatic carbocycles. The number of sulfonamides is 1. The number of hydrogen-bond acceptors (Lipinski definition) is 5. The summed E-state index contributed by atoms with van der Waals surface area (Å²) in [6.45, 7) is 0. The number of esters is 1. The SMILES string of the molecule is COC(=O)c1ccc(NS(=O)(=O)c2ccc(F)c(C(=O)O)c2)cc1. The summed E-state index contributed by atoms with van der Waals surface area (Å²) >= 11 is 0.